The van der Waals surface area contributed by atoms with E-state index in [0.717, 1.165) is 0 Å². The van der Waals surface area contributed by atoms with Gasteiger partial charge in [-0.05, 0) is 190 Å². The maximum atomic E-state index is 2.89. The standard InChI is InChI=1S/C70H87BN2S/c1-41-54-33-43(63(2,3)4)40-72(55-37-50-47(65(8,9)27-30-68(50,14)15)34-44(55)42-23-21-20-22-24-42)57-39-52-49(67(12,13)29-32-70(52,18)19)36-53(57)71(41)62-61-60-58(74-62)26-25-46(64(5,6)7)59(60)45-35-48-51(38-56(45)73(54)61)69(16,17)31-28-66(48,10)11/h20-26,33-41,58,60H,27-32H2,1-19H3/b43-40+,54-33+. The molecule has 2 bridgehead atoms. The molecule has 74 heavy (non-hydrogen) atoms. The third-order valence-electron chi connectivity index (χ3n) is 20.6. The van der Waals surface area contributed by atoms with Crippen LogP contribution in [0.2, 0.25) is 5.82 Å². The van der Waals surface area contributed by atoms with Gasteiger partial charge in [0.1, 0.15) is 0 Å². The smallest absolute Gasteiger partial charge is 0.231 e. The molecule has 386 valence electrons. The van der Waals surface area contributed by atoms with Gasteiger partial charge in [-0.3, -0.25) is 0 Å². The Morgan fingerprint density at radius 2 is 1.03 bits per heavy atom. The minimum atomic E-state index is -0.178. The topological polar surface area (TPSA) is 6.48 Å². The normalized spacial score (nSPS) is 27.5. The van der Waals surface area contributed by atoms with Crippen molar-refractivity contribution >= 4 is 46.6 Å². The maximum Gasteiger partial charge on any atom is 0.231 e. The molecule has 0 amide bonds. The van der Waals surface area contributed by atoms with Gasteiger partial charge >= 0.3 is 0 Å². The zero-order chi connectivity index (χ0) is 53.0. The third kappa shape index (κ3) is 7.38. The zero-order valence-electron chi connectivity index (χ0n) is 49.0. The van der Waals surface area contributed by atoms with Crippen LogP contribution in [0.3, 0.4) is 0 Å². The van der Waals surface area contributed by atoms with Gasteiger partial charge in [0.2, 0.25) is 6.71 Å². The lowest BCUT2D eigenvalue weighted by molar-refractivity contribution is 0.332. The SMILES string of the molecule is CC1B2C3=C4C5C(=C(C(C)(C)C)C=CC5S3)c3cc5c(cc3N4/C1=C/C(C(C)(C)C)=C\N(c1cc3c(cc1-c1ccccc1)C(C)(C)CCC3(C)C)c1cc3c(cc12)C(C)(C)CCC3(C)C)C(C)(C)CCC5(C)C. The summed E-state index contributed by atoms with van der Waals surface area (Å²) in [6.45, 7) is 47.7. The number of anilines is 3. The number of benzene rings is 4. The summed E-state index contributed by atoms with van der Waals surface area (Å²) in [7, 11) is 0. The van der Waals surface area contributed by atoms with Crippen molar-refractivity contribution in [3.05, 3.63) is 157 Å². The van der Waals surface area contributed by atoms with Gasteiger partial charge in [-0.15, -0.1) is 11.8 Å². The van der Waals surface area contributed by atoms with Crippen LogP contribution in [0.1, 0.15) is 209 Å². The van der Waals surface area contributed by atoms with Crippen LogP contribution in [0.4, 0.5) is 17.1 Å². The molecule has 4 aliphatic heterocycles. The first kappa shape index (κ1) is 50.4. The van der Waals surface area contributed by atoms with E-state index < -0.39 is 0 Å². The summed E-state index contributed by atoms with van der Waals surface area (Å²) in [6, 6.07) is 27.7. The summed E-state index contributed by atoms with van der Waals surface area (Å²) in [4.78, 5) is 7.24. The minimum Gasteiger partial charge on any atom is -0.317 e. The van der Waals surface area contributed by atoms with Crippen LogP contribution in [-0.4, -0.2) is 12.0 Å². The monoisotopic (exact) mass is 999 g/mol. The molecule has 2 nitrogen and oxygen atoms in total. The molecule has 4 heterocycles. The fourth-order valence-electron chi connectivity index (χ4n) is 15.3. The predicted molar refractivity (Wildman–Crippen MR) is 323 cm³/mol. The van der Waals surface area contributed by atoms with Crippen LogP contribution < -0.4 is 15.3 Å². The molecule has 0 saturated carbocycles. The highest BCUT2D eigenvalue weighted by molar-refractivity contribution is 8.06. The van der Waals surface area contributed by atoms with Gasteiger partial charge in [-0.25, -0.2) is 0 Å². The van der Waals surface area contributed by atoms with Crippen molar-refractivity contribution in [2.24, 2.45) is 16.7 Å². The highest BCUT2D eigenvalue weighted by Crippen LogP contribution is 2.66. The summed E-state index contributed by atoms with van der Waals surface area (Å²) in [5, 5.41) is 0.329. The van der Waals surface area contributed by atoms with E-state index in [9.17, 15) is 0 Å². The fourth-order valence-corrected chi connectivity index (χ4v) is 17.0. The Balaban J connectivity index is 1.25. The van der Waals surface area contributed by atoms with Crippen molar-refractivity contribution in [1.29, 1.82) is 0 Å². The second-order valence-electron chi connectivity index (χ2n) is 30.6. The average Bonchev–Trinajstić information content (AvgIpc) is 3.71. The maximum absolute atomic E-state index is 2.89. The van der Waals surface area contributed by atoms with Crippen molar-refractivity contribution in [3.63, 3.8) is 0 Å². The van der Waals surface area contributed by atoms with E-state index in [1.165, 1.54) is 111 Å². The summed E-state index contributed by atoms with van der Waals surface area (Å²) >= 11 is 2.21. The molecule has 12 rings (SSSR count). The lowest BCUT2D eigenvalue weighted by atomic mass is 9.34. The molecule has 0 saturated heterocycles. The highest BCUT2D eigenvalue weighted by atomic mass is 32.2. The van der Waals surface area contributed by atoms with Gasteiger partial charge in [0.05, 0.1) is 11.4 Å². The molecule has 0 spiro atoms. The van der Waals surface area contributed by atoms with Gasteiger partial charge in [0.25, 0.3) is 0 Å². The number of hydrogen-bond acceptors (Lipinski definition) is 3. The van der Waals surface area contributed by atoms with E-state index >= 15 is 0 Å². The molecule has 4 heteroatoms. The molecule has 4 aromatic rings. The van der Waals surface area contributed by atoms with Crippen molar-refractivity contribution in [3.8, 4) is 11.1 Å². The number of fused-ring (bicyclic) bond motifs is 12. The number of rotatable bonds is 2. The fraction of sp³-hybridized carbons (Fsp3) is 0.514. The van der Waals surface area contributed by atoms with E-state index in [1.807, 2.05) is 0 Å². The van der Waals surface area contributed by atoms with Crippen molar-refractivity contribution in [2.45, 2.75) is 214 Å². The number of thioether (sulfide) groups is 1. The van der Waals surface area contributed by atoms with E-state index in [0.29, 0.717) is 5.25 Å². The molecule has 0 fully saturated rings. The summed E-state index contributed by atoms with van der Waals surface area (Å²) < 4.78 is 0. The third-order valence-corrected chi connectivity index (χ3v) is 22.0. The summed E-state index contributed by atoms with van der Waals surface area (Å²) in [6.07, 6.45) is 17.7. The Morgan fingerprint density at radius 1 is 0.554 bits per heavy atom. The van der Waals surface area contributed by atoms with Gasteiger partial charge < -0.3 is 9.80 Å². The molecule has 4 aliphatic carbocycles. The molecule has 0 N–H and O–H groups in total. The van der Waals surface area contributed by atoms with E-state index in [2.05, 4.69) is 244 Å². The minimum absolute atomic E-state index is 0.0142. The molecule has 3 unspecified atom stereocenters. The summed E-state index contributed by atoms with van der Waals surface area (Å²) in [5.41, 5.74) is 26.5. The first-order valence-electron chi connectivity index (χ1n) is 28.8. The molecule has 3 atom stereocenters. The van der Waals surface area contributed by atoms with Gasteiger partial charge in [0, 0.05) is 45.6 Å². The van der Waals surface area contributed by atoms with Crippen LogP contribution >= 0.6 is 11.8 Å². The van der Waals surface area contributed by atoms with Crippen LogP contribution in [0.5, 0.6) is 0 Å². The zero-order valence-corrected chi connectivity index (χ0v) is 49.8. The number of allylic oxidation sites excluding steroid dienone is 6. The lowest BCUT2D eigenvalue weighted by Crippen LogP contribution is -2.49. The van der Waals surface area contributed by atoms with Gasteiger partial charge in [-0.1, -0.05) is 180 Å². The number of hydrogen-bond donors (Lipinski definition) is 0. The van der Waals surface area contributed by atoms with Gasteiger partial charge in [-0.2, -0.15) is 0 Å². The quantitative estimate of drug-likeness (QED) is 0.185. The van der Waals surface area contributed by atoms with Crippen LogP contribution in [0.25, 0.3) is 16.7 Å². The Bertz CT molecular complexity index is 3250. The van der Waals surface area contributed by atoms with Crippen LogP contribution in [0.15, 0.2) is 119 Å². The Kier molecular flexibility index (Phi) is 10.8. The van der Waals surface area contributed by atoms with E-state index in [1.54, 1.807) is 32.8 Å². The van der Waals surface area contributed by atoms with Crippen molar-refractivity contribution in [2.75, 3.05) is 9.80 Å². The Labute approximate surface area is 452 Å². The van der Waals surface area contributed by atoms with Crippen LogP contribution in [0, 0.1) is 16.7 Å². The van der Waals surface area contributed by atoms with E-state index in [4.69, 9.17) is 0 Å². The van der Waals surface area contributed by atoms with Crippen molar-refractivity contribution < 1.29 is 0 Å². The predicted octanol–water partition coefficient (Wildman–Crippen LogP) is 18.8. The molecular weight excluding hydrogens is 912 g/mol. The first-order chi connectivity index (χ1) is 34.3. The second-order valence-corrected chi connectivity index (χ2v) is 31.8. The summed E-state index contributed by atoms with van der Waals surface area (Å²) in [5.74, 6) is 0.467. The second kappa shape index (κ2) is 15.9. The highest BCUT2D eigenvalue weighted by Gasteiger charge is 2.57. The molecule has 0 radical (unpaired) electrons. The number of nitrogens with zero attached hydrogens (tertiary/aromatic N) is 2. The van der Waals surface area contributed by atoms with Crippen LogP contribution in [-0.2, 0) is 32.5 Å². The lowest BCUT2D eigenvalue weighted by Gasteiger charge is -2.50. The molecule has 4 aromatic carbocycles. The average molecular weight is 999 g/mol. The molecule has 8 aliphatic rings. The largest absolute Gasteiger partial charge is 0.317 e. The molecular formula is C70H87BN2S. The molecule has 0 aromatic heterocycles. The van der Waals surface area contributed by atoms with Gasteiger partial charge in [0.15, 0.2) is 0 Å². The Morgan fingerprint density at radius 3 is 1.54 bits per heavy atom. The first-order valence-corrected chi connectivity index (χ1v) is 29.7. The Hall–Kier alpha value is -4.41. The van der Waals surface area contributed by atoms with Crippen molar-refractivity contribution in [1.82, 2.24) is 0 Å². The van der Waals surface area contributed by atoms with E-state index in [-0.39, 0.29) is 61.8 Å².